The van der Waals surface area contributed by atoms with E-state index < -0.39 is 17.7 Å². The number of aromatic amines is 1. The summed E-state index contributed by atoms with van der Waals surface area (Å²) < 4.78 is 43.9. The zero-order chi connectivity index (χ0) is 22.1. The number of aromatic nitrogens is 1. The third-order valence-electron chi connectivity index (χ3n) is 5.24. The van der Waals surface area contributed by atoms with Crippen LogP contribution in [-0.4, -0.2) is 54.5 Å². The Bertz CT molecular complexity index is 945. The van der Waals surface area contributed by atoms with Crippen molar-refractivity contribution in [2.75, 3.05) is 37.7 Å². The largest absolute Gasteiger partial charge is 0.461 e. The zero-order valence-electron chi connectivity index (χ0n) is 17.1. The molecular weight excluding hydrogens is 399 g/mol. The summed E-state index contributed by atoms with van der Waals surface area (Å²) >= 11 is 0. The Labute approximate surface area is 172 Å². The van der Waals surface area contributed by atoms with Gasteiger partial charge in [0.25, 0.3) is 5.91 Å². The molecule has 9 heteroatoms. The lowest BCUT2D eigenvalue weighted by Gasteiger charge is -2.36. The topological polar surface area (TPSA) is 65.6 Å². The fraction of sp³-hybridized carbons (Fsp3) is 0.429. The predicted molar refractivity (Wildman–Crippen MR) is 106 cm³/mol. The molecule has 1 aliphatic rings. The van der Waals surface area contributed by atoms with E-state index in [0.717, 1.165) is 12.1 Å². The summed E-state index contributed by atoms with van der Waals surface area (Å²) in [6.45, 7) is 6.93. The first-order valence-corrected chi connectivity index (χ1v) is 9.71. The highest BCUT2D eigenvalue weighted by Crippen LogP contribution is 2.32. The number of esters is 1. The third kappa shape index (κ3) is 4.29. The van der Waals surface area contributed by atoms with Gasteiger partial charge in [-0.25, -0.2) is 4.79 Å². The van der Waals surface area contributed by atoms with Gasteiger partial charge in [-0.2, -0.15) is 13.2 Å². The molecule has 0 aliphatic carbocycles. The van der Waals surface area contributed by atoms with Gasteiger partial charge in [0.2, 0.25) is 0 Å². The molecule has 1 amide bonds. The van der Waals surface area contributed by atoms with E-state index >= 15 is 0 Å². The third-order valence-corrected chi connectivity index (χ3v) is 5.24. The molecule has 0 radical (unpaired) electrons. The Hall–Kier alpha value is -2.97. The number of amides is 1. The van der Waals surface area contributed by atoms with Crippen LogP contribution in [0.4, 0.5) is 18.9 Å². The molecule has 2 heterocycles. The number of nitrogens with zero attached hydrogens (tertiary/aromatic N) is 2. The Morgan fingerprint density at radius 3 is 2.40 bits per heavy atom. The standard InChI is InChI=1S/C21H24F3N3O3/c1-4-30-20(29)18-13(2)17(14(3)25-18)19(28)27-10-8-26(9-11-27)16-7-5-6-15(12-16)21(22,23)24/h5-7,12,25H,4,8-11H2,1-3H3. The van der Waals surface area contributed by atoms with Crippen molar-refractivity contribution >= 4 is 17.6 Å². The number of alkyl halides is 3. The smallest absolute Gasteiger partial charge is 0.416 e. The molecule has 1 aromatic heterocycles. The lowest BCUT2D eigenvalue weighted by Crippen LogP contribution is -2.49. The van der Waals surface area contributed by atoms with Gasteiger partial charge in [-0.15, -0.1) is 0 Å². The highest BCUT2D eigenvalue weighted by molar-refractivity contribution is 6.01. The highest BCUT2D eigenvalue weighted by atomic mass is 19.4. The summed E-state index contributed by atoms with van der Waals surface area (Å²) in [6.07, 6.45) is -4.40. The maximum absolute atomic E-state index is 13.1. The summed E-state index contributed by atoms with van der Waals surface area (Å²) in [5.41, 5.74) is 1.61. The van der Waals surface area contributed by atoms with Crippen LogP contribution < -0.4 is 4.90 Å². The van der Waals surface area contributed by atoms with E-state index in [1.807, 2.05) is 4.90 Å². The van der Waals surface area contributed by atoms with Gasteiger partial charge >= 0.3 is 12.1 Å². The molecular formula is C21H24F3N3O3. The van der Waals surface area contributed by atoms with Crippen LogP contribution in [0.3, 0.4) is 0 Å². The molecule has 0 spiro atoms. The minimum Gasteiger partial charge on any atom is -0.461 e. The van der Waals surface area contributed by atoms with E-state index in [2.05, 4.69) is 4.98 Å². The van der Waals surface area contributed by atoms with Crippen LogP contribution >= 0.6 is 0 Å². The van der Waals surface area contributed by atoms with Crippen molar-refractivity contribution in [2.24, 2.45) is 0 Å². The highest BCUT2D eigenvalue weighted by Gasteiger charge is 2.32. The quantitative estimate of drug-likeness (QED) is 0.760. The van der Waals surface area contributed by atoms with E-state index in [9.17, 15) is 22.8 Å². The number of aryl methyl sites for hydroxylation is 1. The lowest BCUT2D eigenvalue weighted by atomic mass is 10.1. The number of carbonyl (C=O) groups is 2. The maximum Gasteiger partial charge on any atom is 0.416 e. The summed E-state index contributed by atoms with van der Waals surface area (Å²) in [6, 6.07) is 5.20. The van der Waals surface area contributed by atoms with Gasteiger partial charge in [-0.05, 0) is 44.5 Å². The van der Waals surface area contributed by atoms with Crippen LogP contribution in [0.2, 0.25) is 0 Å². The fourth-order valence-corrected chi connectivity index (χ4v) is 3.68. The molecule has 0 bridgehead atoms. The summed E-state index contributed by atoms with van der Waals surface area (Å²) in [7, 11) is 0. The Morgan fingerprint density at radius 1 is 1.13 bits per heavy atom. The first-order valence-electron chi connectivity index (χ1n) is 9.71. The number of ether oxygens (including phenoxy) is 1. The van der Waals surface area contributed by atoms with Crippen molar-refractivity contribution in [2.45, 2.75) is 26.9 Å². The number of piperazine rings is 1. The second-order valence-electron chi connectivity index (χ2n) is 7.17. The molecule has 0 atom stereocenters. The number of anilines is 1. The van der Waals surface area contributed by atoms with Crippen LogP contribution in [0, 0.1) is 13.8 Å². The number of hydrogen-bond acceptors (Lipinski definition) is 4. The van der Waals surface area contributed by atoms with Crippen molar-refractivity contribution in [1.82, 2.24) is 9.88 Å². The lowest BCUT2D eigenvalue weighted by molar-refractivity contribution is -0.137. The molecule has 0 saturated carbocycles. The second-order valence-corrected chi connectivity index (χ2v) is 7.17. The maximum atomic E-state index is 13.1. The molecule has 1 fully saturated rings. The Balaban J connectivity index is 1.72. The van der Waals surface area contributed by atoms with Gasteiger partial charge in [0, 0.05) is 37.6 Å². The van der Waals surface area contributed by atoms with E-state index in [0.29, 0.717) is 48.7 Å². The first-order chi connectivity index (χ1) is 14.1. The SMILES string of the molecule is CCOC(=O)c1[nH]c(C)c(C(=O)N2CCN(c3cccc(C(F)(F)F)c3)CC2)c1C. The monoisotopic (exact) mass is 423 g/mol. The fourth-order valence-electron chi connectivity index (χ4n) is 3.68. The number of nitrogens with one attached hydrogen (secondary N) is 1. The first kappa shape index (κ1) is 21.7. The average molecular weight is 423 g/mol. The van der Waals surface area contributed by atoms with Crippen LogP contribution in [0.1, 0.15) is 44.6 Å². The summed E-state index contributed by atoms with van der Waals surface area (Å²) in [5.74, 6) is -0.716. The number of halogens is 3. The van der Waals surface area contributed by atoms with Gasteiger partial charge in [-0.1, -0.05) is 6.07 Å². The number of rotatable bonds is 4. The van der Waals surface area contributed by atoms with E-state index in [1.54, 1.807) is 31.7 Å². The Kier molecular flexibility index (Phi) is 6.09. The van der Waals surface area contributed by atoms with Crippen LogP contribution in [0.5, 0.6) is 0 Å². The second kappa shape index (κ2) is 8.41. The molecule has 162 valence electrons. The van der Waals surface area contributed by atoms with Crippen molar-refractivity contribution in [1.29, 1.82) is 0 Å². The van der Waals surface area contributed by atoms with Crippen molar-refractivity contribution in [3.05, 3.63) is 52.3 Å². The summed E-state index contributed by atoms with van der Waals surface area (Å²) in [5, 5.41) is 0. The predicted octanol–water partition coefficient (Wildman–Crippen LogP) is 3.79. The van der Waals surface area contributed by atoms with Crippen molar-refractivity contribution in [3.8, 4) is 0 Å². The van der Waals surface area contributed by atoms with Gasteiger partial charge in [0.05, 0.1) is 17.7 Å². The van der Waals surface area contributed by atoms with Crippen molar-refractivity contribution < 1.29 is 27.5 Å². The molecule has 1 saturated heterocycles. The molecule has 1 aliphatic heterocycles. The van der Waals surface area contributed by atoms with Crippen molar-refractivity contribution in [3.63, 3.8) is 0 Å². The molecule has 30 heavy (non-hydrogen) atoms. The van der Waals surface area contributed by atoms with Crippen LogP contribution in [0.15, 0.2) is 24.3 Å². The van der Waals surface area contributed by atoms with Crippen LogP contribution in [-0.2, 0) is 10.9 Å². The van der Waals surface area contributed by atoms with E-state index in [4.69, 9.17) is 4.74 Å². The molecule has 6 nitrogen and oxygen atoms in total. The summed E-state index contributed by atoms with van der Waals surface area (Å²) in [4.78, 5) is 31.5. The molecule has 0 unspecified atom stereocenters. The number of benzene rings is 1. The number of hydrogen-bond donors (Lipinski definition) is 1. The van der Waals surface area contributed by atoms with E-state index in [1.165, 1.54) is 6.07 Å². The van der Waals surface area contributed by atoms with Gasteiger partial charge < -0.3 is 19.5 Å². The number of H-pyrrole nitrogens is 1. The molecule has 1 N–H and O–H groups in total. The molecule has 1 aromatic carbocycles. The molecule has 3 rings (SSSR count). The number of carbonyl (C=O) groups excluding carboxylic acids is 2. The minimum absolute atomic E-state index is 0.208. The molecule has 2 aromatic rings. The van der Waals surface area contributed by atoms with E-state index in [-0.39, 0.29) is 18.2 Å². The average Bonchev–Trinajstić information content (AvgIpc) is 3.01. The zero-order valence-corrected chi connectivity index (χ0v) is 17.1. The minimum atomic E-state index is -4.40. The van der Waals surface area contributed by atoms with Gasteiger partial charge in [-0.3, -0.25) is 4.79 Å². The van der Waals surface area contributed by atoms with Gasteiger partial charge in [0.1, 0.15) is 5.69 Å². The Morgan fingerprint density at radius 2 is 1.80 bits per heavy atom. The normalized spacial score (nSPS) is 14.7. The van der Waals surface area contributed by atoms with Gasteiger partial charge in [0.15, 0.2) is 0 Å². The van der Waals surface area contributed by atoms with Crippen LogP contribution in [0.25, 0.3) is 0 Å².